The second kappa shape index (κ2) is 7.87. The number of nitrogens with two attached hydrogens (primary N) is 1. The molecule has 0 aliphatic carbocycles. The number of likely N-dealkylation sites (tertiary alicyclic amines) is 1. The molecule has 2 heterocycles. The van der Waals surface area contributed by atoms with E-state index in [1.54, 1.807) is 0 Å². The van der Waals surface area contributed by atoms with Crippen molar-refractivity contribution in [2.45, 2.75) is 19.8 Å². The van der Waals surface area contributed by atoms with Crippen LogP contribution in [0.15, 0.2) is 24.3 Å². The Morgan fingerprint density at radius 3 is 2.60 bits per heavy atom. The zero-order chi connectivity index (χ0) is 17.8. The molecule has 2 fully saturated rings. The van der Waals surface area contributed by atoms with E-state index in [0.29, 0.717) is 13.1 Å². The number of piperazine rings is 1. The molecule has 136 valence electrons. The van der Waals surface area contributed by atoms with Crippen molar-refractivity contribution in [2.24, 2.45) is 11.7 Å². The zero-order valence-corrected chi connectivity index (χ0v) is 15.0. The van der Waals surface area contributed by atoms with Crippen molar-refractivity contribution in [3.05, 3.63) is 29.8 Å². The fraction of sp³-hybridized carbons (Fsp3) is 0.579. The first-order valence-corrected chi connectivity index (χ1v) is 9.14. The summed E-state index contributed by atoms with van der Waals surface area (Å²) in [5.74, 6) is -0.352. The van der Waals surface area contributed by atoms with E-state index >= 15 is 0 Å². The lowest BCUT2D eigenvalue weighted by atomic mass is 9.97. The maximum atomic E-state index is 12.5. The second-order valence-electron chi connectivity index (χ2n) is 7.18. The van der Waals surface area contributed by atoms with Crippen LogP contribution in [0, 0.1) is 12.8 Å². The third-order valence-electron chi connectivity index (χ3n) is 5.27. The quantitative estimate of drug-likeness (QED) is 0.879. The van der Waals surface area contributed by atoms with Gasteiger partial charge in [-0.15, -0.1) is 0 Å². The third kappa shape index (κ3) is 4.51. The van der Waals surface area contributed by atoms with E-state index < -0.39 is 0 Å². The van der Waals surface area contributed by atoms with Crippen LogP contribution in [0.2, 0.25) is 0 Å². The molecule has 0 aromatic heterocycles. The van der Waals surface area contributed by atoms with Crippen LogP contribution in [-0.4, -0.2) is 67.4 Å². The van der Waals surface area contributed by atoms with Gasteiger partial charge in [0.1, 0.15) is 0 Å². The Bertz CT molecular complexity index is 626. The predicted molar refractivity (Wildman–Crippen MR) is 98.3 cm³/mol. The number of anilines is 1. The van der Waals surface area contributed by atoms with E-state index in [9.17, 15) is 9.59 Å². The Morgan fingerprint density at radius 1 is 1.16 bits per heavy atom. The number of aryl methyl sites for hydroxylation is 1. The number of benzene rings is 1. The van der Waals surface area contributed by atoms with Crippen LogP contribution in [-0.2, 0) is 9.59 Å². The van der Waals surface area contributed by atoms with E-state index in [0.717, 1.165) is 45.6 Å². The van der Waals surface area contributed by atoms with E-state index in [1.807, 2.05) is 4.90 Å². The fourth-order valence-corrected chi connectivity index (χ4v) is 3.72. The molecule has 0 saturated carbocycles. The fourth-order valence-electron chi connectivity index (χ4n) is 3.72. The van der Waals surface area contributed by atoms with Gasteiger partial charge in [-0.05, 0) is 37.5 Å². The first-order valence-electron chi connectivity index (χ1n) is 9.14. The van der Waals surface area contributed by atoms with Crippen molar-refractivity contribution in [2.75, 3.05) is 50.7 Å². The number of nitrogens with zero attached hydrogens (tertiary/aromatic N) is 3. The van der Waals surface area contributed by atoms with Crippen LogP contribution in [0.1, 0.15) is 18.4 Å². The molecule has 2 amide bonds. The molecular weight excluding hydrogens is 316 g/mol. The first-order chi connectivity index (χ1) is 12.0. The van der Waals surface area contributed by atoms with Gasteiger partial charge in [0.15, 0.2) is 0 Å². The summed E-state index contributed by atoms with van der Waals surface area (Å²) in [6.07, 6.45) is 1.66. The summed E-state index contributed by atoms with van der Waals surface area (Å²) in [7, 11) is 0. The summed E-state index contributed by atoms with van der Waals surface area (Å²) >= 11 is 0. The summed E-state index contributed by atoms with van der Waals surface area (Å²) in [6, 6.07) is 8.55. The van der Waals surface area contributed by atoms with Crippen LogP contribution < -0.4 is 10.6 Å². The Hall–Kier alpha value is -2.08. The molecule has 0 spiro atoms. The Kier molecular flexibility index (Phi) is 5.58. The molecule has 1 unspecified atom stereocenters. The number of carbonyl (C=O) groups is 2. The Morgan fingerprint density at radius 2 is 1.92 bits per heavy atom. The lowest BCUT2D eigenvalue weighted by molar-refractivity contribution is -0.136. The lowest BCUT2D eigenvalue weighted by Gasteiger charge is -2.37. The maximum Gasteiger partial charge on any atom is 0.236 e. The smallest absolute Gasteiger partial charge is 0.236 e. The van der Waals surface area contributed by atoms with E-state index in [4.69, 9.17) is 5.73 Å². The molecule has 2 aliphatic heterocycles. The highest BCUT2D eigenvalue weighted by atomic mass is 16.2. The van der Waals surface area contributed by atoms with Crippen LogP contribution >= 0.6 is 0 Å². The van der Waals surface area contributed by atoms with Gasteiger partial charge < -0.3 is 15.5 Å². The lowest BCUT2D eigenvalue weighted by Crippen LogP contribution is -2.52. The van der Waals surface area contributed by atoms with Crippen molar-refractivity contribution in [3.8, 4) is 0 Å². The van der Waals surface area contributed by atoms with Gasteiger partial charge in [-0.1, -0.05) is 12.1 Å². The van der Waals surface area contributed by atoms with Crippen LogP contribution in [0.4, 0.5) is 5.69 Å². The first kappa shape index (κ1) is 17.7. The van der Waals surface area contributed by atoms with Crippen LogP contribution in [0.5, 0.6) is 0 Å². The van der Waals surface area contributed by atoms with Gasteiger partial charge in [0.25, 0.3) is 0 Å². The Balaban J connectivity index is 1.48. The zero-order valence-electron chi connectivity index (χ0n) is 15.0. The summed E-state index contributed by atoms with van der Waals surface area (Å²) in [6.45, 7) is 7.40. The number of carbonyl (C=O) groups excluding carboxylic acids is 2. The average Bonchev–Trinajstić information content (AvgIpc) is 2.62. The largest absolute Gasteiger partial charge is 0.369 e. The van der Waals surface area contributed by atoms with Crippen molar-refractivity contribution < 1.29 is 9.59 Å². The highest BCUT2D eigenvalue weighted by Gasteiger charge is 2.28. The van der Waals surface area contributed by atoms with Crippen molar-refractivity contribution >= 4 is 17.5 Å². The SMILES string of the molecule is Cc1cccc(N2CCN(CC(=O)N3CCCC(C(N)=O)C3)CC2)c1. The molecule has 1 atom stereocenters. The topological polar surface area (TPSA) is 69.9 Å². The summed E-state index contributed by atoms with van der Waals surface area (Å²) in [5.41, 5.74) is 7.93. The molecule has 0 radical (unpaired) electrons. The minimum absolute atomic E-state index is 0.120. The maximum absolute atomic E-state index is 12.5. The summed E-state index contributed by atoms with van der Waals surface area (Å²) < 4.78 is 0. The molecule has 25 heavy (non-hydrogen) atoms. The molecule has 6 heteroatoms. The van der Waals surface area contributed by atoms with Gasteiger partial charge in [-0.2, -0.15) is 0 Å². The van der Waals surface area contributed by atoms with E-state index in [2.05, 4.69) is 41.0 Å². The standard InChI is InChI=1S/C19H28N4O2/c1-15-4-2-6-17(12-15)22-10-8-21(9-11-22)14-18(24)23-7-3-5-16(13-23)19(20)25/h2,4,6,12,16H,3,5,7-11,13-14H2,1H3,(H2,20,25). The molecule has 2 saturated heterocycles. The Labute approximate surface area is 149 Å². The number of hydrogen-bond donors (Lipinski definition) is 1. The molecule has 1 aromatic rings. The molecule has 3 rings (SSSR count). The number of rotatable bonds is 4. The molecule has 2 aliphatic rings. The van der Waals surface area contributed by atoms with E-state index in [-0.39, 0.29) is 17.7 Å². The number of hydrogen-bond acceptors (Lipinski definition) is 4. The third-order valence-corrected chi connectivity index (χ3v) is 5.27. The number of piperidine rings is 1. The predicted octanol–water partition coefficient (Wildman–Crippen LogP) is 0.841. The molecule has 6 nitrogen and oxygen atoms in total. The van der Waals surface area contributed by atoms with Crippen molar-refractivity contribution in [1.29, 1.82) is 0 Å². The van der Waals surface area contributed by atoms with E-state index in [1.165, 1.54) is 11.3 Å². The monoisotopic (exact) mass is 344 g/mol. The normalized spacial score (nSPS) is 22.0. The van der Waals surface area contributed by atoms with Gasteiger partial charge in [-0.3, -0.25) is 14.5 Å². The van der Waals surface area contributed by atoms with Gasteiger partial charge in [0.05, 0.1) is 12.5 Å². The van der Waals surface area contributed by atoms with Crippen LogP contribution in [0.25, 0.3) is 0 Å². The number of amides is 2. The second-order valence-corrected chi connectivity index (χ2v) is 7.18. The van der Waals surface area contributed by atoms with Gasteiger partial charge in [-0.25, -0.2) is 0 Å². The minimum atomic E-state index is -0.288. The molecule has 2 N–H and O–H groups in total. The highest BCUT2D eigenvalue weighted by Crippen LogP contribution is 2.19. The average molecular weight is 344 g/mol. The van der Waals surface area contributed by atoms with Gasteiger partial charge in [0.2, 0.25) is 11.8 Å². The summed E-state index contributed by atoms with van der Waals surface area (Å²) in [5, 5.41) is 0. The minimum Gasteiger partial charge on any atom is -0.369 e. The summed E-state index contributed by atoms with van der Waals surface area (Å²) in [4.78, 5) is 30.3. The van der Waals surface area contributed by atoms with Crippen LogP contribution in [0.3, 0.4) is 0 Å². The molecule has 1 aromatic carbocycles. The van der Waals surface area contributed by atoms with Crippen molar-refractivity contribution in [3.63, 3.8) is 0 Å². The van der Waals surface area contributed by atoms with Gasteiger partial charge >= 0.3 is 0 Å². The van der Waals surface area contributed by atoms with Crippen molar-refractivity contribution in [1.82, 2.24) is 9.80 Å². The highest BCUT2D eigenvalue weighted by molar-refractivity contribution is 5.81. The van der Waals surface area contributed by atoms with Gasteiger partial charge in [0, 0.05) is 45.0 Å². The number of primary amides is 1. The molecular formula is C19H28N4O2. The molecule has 0 bridgehead atoms.